The van der Waals surface area contributed by atoms with Crippen LogP contribution in [0.4, 0.5) is 0 Å². The van der Waals surface area contributed by atoms with E-state index in [2.05, 4.69) is 5.32 Å². The first-order valence-corrected chi connectivity index (χ1v) is 10.5. The Hall–Kier alpha value is -1.30. The Morgan fingerprint density at radius 2 is 1.19 bits per heavy atom. The SMILES string of the molecule is N=C(N)NCCCCCCCCCCCCCCCCC(O)CC(=O)O. The summed E-state index contributed by atoms with van der Waals surface area (Å²) in [4.78, 5) is 10.4. The molecule has 0 aromatic carbocycles. The van der Waals surface area contributed by atoms with E-state index in [1.54, 1.807) is 0 Å². The molecular weight excluding hydrogens is 330 g/mol. The Labute approximate surface area is 159 Å². The van der Waals surface area contributed by atoms with Gasteiger partial charge in [0.15, 0.2) is 5.96 Å². The number of nitrogens with two attached hydrogens (primary N) is 1. The molecule has 6 nitrogen and oxygen atoms in total. The summed E-state index contributed by atoms with van der Waals surface area (Å²) < 4.78 is 0. The highest BCUT2D eigenvalue weighted by Crippen LogP contribution is 2.14. The summed E-state index contributed by atoms with van der Waals surface area (Å²) in [6.07, 6.45) is 17.1. The second kappa shape index (κ2) is 18.5. The minimum atomic E-state index is -0.917. The number of unbranched alkanes of at least 4 members (excludes halogenated alkanes) is 13. The van der Waals surface area contributed by atoms with Gasteiger partial charge in [-0.25, -0.2) is 0 Å². The van der Waals surface area contributed by atoms with E-state index in [1.807, 2.05) is 0 Å². The molecule has 0 spiro atoms. The van der Waals surface area contributed by atoms with E-state index in [1.165, 1.54) is 70.6 Å². The summed E-state index contributed by atoms with van der Waals surface area (Å²) in [6.45, 7) is 0.818. The Bertz CT molecular complexity index is 351. The van der Waals surface area contributed by atoms with Gasteiger partial charge in [0, 0.05) is 6.54 Å². The van der Waals surface area contributed by atoms with Gasteiger partial charge in [-0.1, -0.05) is 83.5 Å². The molecule has 0 aliphatic carbocycles. The smallest absolute Gasteiger partial charge is 0.305 e. The van der Waals surface area contributed by atoms with Crippen molar-refractivity contribution in [2.75, 3.05) is 6.54 Å². The first kappa shape index (κ1) is 24.7. The number of hydrogen-bond donors (Lipinski definition) is 5. The molecular formula is C20H41N3O3. The Morgan fingerprint density at radius 3 is 1.58 bits per heavy atom. The molecule has 0 saturated carbocycles. The van der Waals surface area contributed by atoms with Crippen LogP contribution in [0.15, 0.2) is 0 Å². The van der Waals surface area contributed by atoms with Crippen LogP contribution in [0.5, 0.6) is 0 Å². The average molecular weight is 372 g/mol. The van der Waals surface area contributed by atoms with Crippen LogP contribution >= 0.6 is 0 Å². The normalized spacial score (nSPS) is 12.0. The molecule has 0 aromatic heterocycles. The van der Waals surface area contributed by atoms with Crippen LogP contribution in [0, 0.1) is 5.41 Å². The third kappa shape index (κ3) is 20.7. The summed E-state index contributed by atoms with van der Waals surface area (Å²) >= 11 is 0. The summed E-state index contributed by atoms with van der Waals surface area (Å²) in [5.41, 5.74) is 5.22. The third-order valence-corrected chi connectivity index (χ3v) is 4.69. The van der Waals surface area contributed by atoms with Gasteiger partial charge in [0.05, 0.1) is 12.5 Å². The van der Waals surface area contributed by atoms with Gasteiger partial charge in [0.2, 0.25) is 0 Å². The van der Waals surface area contributed by atoms with Gasteiger partial charge >= 0.3 is 5.97 Å². The predicted molar refractivity (Wildman–Crippen MR) is 107 cm³/mol. The number of guanidine groups is 1. The third-order valence-electron chi connectivity index (χ3n) is 4.69. The number of rotatable bonds is 19. The predicted octanol–water partition coefficient (Wildman–Crippen LogP) is 4.16. The van der Waals surface area contributed by atoms with Crippen molar-refractivity contribution in [1.82, 2.24) is 5.32 Å². The monoisotopic (exact) mass is 371 g/mol. The summed E-state index contributed by atoms with van der Waals surface area (Å²) in [6, 6.07) is 0. The molecule has 26 heavy (non-hydrogen) atoms. The van der Waals surface area contributed by atoms with Crippen molar-refractivity contribution in [2.24, 2.45) is 5.73 Å². The van der Waals surface area contributed by atoms with E-state index in [-0.39, 0.29) is 12.4 Å². The number of hydrogen-bond acceptors (Lipinski definition) is 3. The van der Waals surface area contributed by atoms with Gasteiger partial charge in [-0.15, -0.1) is 0 Å². The molecule has 0 radical (unpaired) electrons. The van der Waals surface area contributed by atoms with Gasteiger partial charge in [0.1, 0.15) is 0 Å². The van der Waals surface area contributed by atoms with Crippen LogP contribution in [0.3, 0.4) is 0 Å². The van der Waals surface area contributed by atoms with Crippen molar-refractivity contribution in [3.8, 4) is 0 Å². The minimum Gasteiger partial charge on any atom is -0.481 e. The molecule has 0 rings (SSSR count). The maximum absolute atomic E-state index is 10.4. The summed E-state index contributed by atoms with van der Waals surface area (Å²) in [5.74, 6) is -0.848. The number of nitrogens with one attached hydrogen (secondary N) is 2. The molecule has 6 heteroatoms. The average Bonchev–Trinajstić information content (AvgIpc) is 2.56. The first-order chi connectivity index (χ1) is 12.5. The van der Waals surface area contributed by atoms with Crippen LogP contribution in [-0.2, 0) is 4.79 Å². The molecule has 0 bridgehead atoms. The lowest BCUT2D eigenvalue weighted by molar-refractivity contribution is -0.139. The van der Waals surface area contributed by atoms with Crippen LogP contribution in [0.2, 0.25) is 0 Å². The van der Waals surface area contributed by atoms with Gasteiger partial charge in [-0.2, -0.15) is 0 Å². The number of carbonyl (C=O) groups is 1. The number of aliphatic carboxylic acids is 1. The highest BCUT2D eigenvalue weighted by atomic mass is 16.4. The molecule has 1 unspecified atom stereocenters. The fourth-order valence-corrected chi connectivity index (χ4v) is 3.15. The molecule has 6 N–H and O–H groups in total. The van der Waals surface area contributed by atoms with Gasteiger partial charge < -0.3 is 21.3 Å². The minimum absolute atomic E-state index is 0.0690. The lowest BCUT2D eigenvalue weighted by Crippen LogP contribution is -2.30. The molecule has 0 aliphatic heterocycles. The molecule has 0 fully saturated rings. The number of aliphatic hydroxyl groups excluding tert-OH is 1. The van der Waals surface area contributed by atoms with Crippen molar-refractivity contribution in [1.29, 1.82) is 5.41 Å². The van der Waals surface area contributed by atoms with E-state index in [0.29, 0.717) is 6.42 Å². The standard InChI is InChI=1S/C20H41N3O3/c21-20(22)23-16-14-12-10-8-6-4-2-1-3-5-7-9-11-13-15-18(24)17-19(25)26/h18,24H,1-17H2,(H,25,26)(H4,21,22,23). The van der Waals surface area contributed by atoms with Crippen molar-refractivity contribution < 1.29 is 15.0 Å². The van der Waals surface area contributed by atoms with Crippen LogP contribution in [0.1, 0.15) is 103 Å². The van der Waals surface area contributed by atoms with E-state index in [4.69, 9.17) is 16.2 Å². The molecule has 0 aromatic rings. The van der Waals surface area contributed by atoms with Gasteiger partial charge in [0.25, 0.3) is 0 Å². The van der Waals surface area contributed by atoms with Gasteiger partial charge in [-0.3, -0.25) is 10.2 Å². The van der Waals surface area contributed by atoms with Crippen LogP contribution < -0.4 is 11.1 Å². The molecule has 0 heterocycles. The maximum atomic E-state index is 10.4. The Kier molecular flexibility index (Phi) is 17.6. The van der Waals surface area contributed by atoms with E-state index < -0.39 is 12.1 Å². The van der Waals surface area contributed by atoms with E-state index >= 15 is 0 Å². The molecule has 0 amide bonds. The Balaban J connectivity index is 3.09. The molecule has 1 atom stereocenters. The van der Waals surface area contributed by atoms with E-state index in [0.717, 1.165) is 25.8 Å². The van der Waals surface area contributed by atoms with Crippen molar-refractivity contribution in [3.63, 3.8) is 0 Å². The zero-order chi connectivity index (χ0) is 19.5. The molecule has 0 aliphatic rings. The van der Waals surface area contributed by atoms with Crippen molar-refractivity contribution >= 4 is 11.9 Å². The number of aliphatic hydroxyl groups is 1. The number of carboxylic acid groups (broad SMARTS) is 1. The van der Waals surface area contributed by atoms with Crippen molar-refractivity contribution in [2.45, 2.75) is 109 Å². The zero-order valence-electron chi connectivity index (χ0n) is 16.5. The largest absolute Gasteiger partial charge is 0.481 e. The summed E-state index contributed by atoms with van der Waals surface area (Å²) in [5, 5.41) is 27.9. The van der Waals surface area contributed by atoms with E-state index in [9.17, 15) is 9.90 Å². The van der Waals surface area contributed by atoms with Crippen LogP contribution in [0.25, 0.3) is 0 Å². The summed E-state index contributed by atoms with van der Waals surface area (Å²) in [7, 11) is 0. The second-order valence-corrected chi connectivity index (χ2v) is 7.33. The van der Waals surface area contributed by atoms with Crippen molar-refractivity contribution in [3.05, 3.63) is 0 Å². The maximum Gasteiger partial charge on any atom is 0.305 e. The molecule has 0 saturated heterocycles. The lowest BCUT2D eigenvalue weighted by Gasteiger charge is -2.07. The highest BCUT2D eigenvalue weighted by Gasteiger charge is 2.08. The quantitative estimate of drug-likeness (QED) is 0.133. The van der Waals surface area contributed by atoms with Gasteiger partial charge in [-0.05, 0) is 12.8 Å². The first-order valence-electron chi connectivity index (χ1n) is 10.5. The highest BCUT2D eigenvalue weighted by molar-refractivity contribution is 5.74. The zero-order valence-corrected chi connectivity index (χ0v) is 16.5. The molecule has 154 valence electrons. The Morgan fingerprint density at radius 1 is 0.808 bits per heavy atom. The topological polar surface area (TPSA) is 119 Å². The fraction of sp³-hybridized carbons (Fsp3) is 0.900. The second-order valence-electron chi connectivity index (χ2n) is 7.33. The van der Waals surface area contributed by atoms with Crippen LogP contribution in [-0.4, -0.2) is 34.8 Å². The lowest BCUT2D eigenvalue weighted by atomic mass is 10.0. The number of carboxylic acids is 1. The fourth-order valence-electron chi connectivity index (χ4n) is 3.15.